The van der Waals surface area contributed by atoms with E-state index in [-0.39, 0.29) is 5.97 Å². The van der Waals surface area contributed by atoms with E-state index in [0.717, 1.165) is 18.5 Å². The number of hydrogen-bond donors (Lipinski definition) is 0. The molecular formula is C9H15NO2. The molecule has 0 aromatic carbocycles. The number of rotatable bonds is 1. The standard InChI is InChI=1S/C9H15NO2/c1-7-6-8(9(11)12-3)4-5-10(7)2/h4,7H,5-6H2,1-3H3/t7-/m1/s1. The Balaban J connectivity index is 2.64. The molecule has 12 heavy (non-hydrogen) atoms. The molecule has 68 valence electrons. The Morgan fingerprint density at radius 3 is 2.92 bits per heavy atom. The lowest BCUT2D eigenvalue weighted by Crippen LogP contribution is -2.34. The number of esters is 1. The summed E-state index contributed by atoms with van der Waals surface area (Å²) in [7, 11) is 3.47. The predicted molar refractivity (Wildman–Crippen MR) is 46.8 cm³/mol. The minimum atomic E-state index is -0.185. The molecule has 3 heteroatoms. The zero-order valence-electron chi connectivity index (χ0n) is 7.83. The van der Waals surface area contributed by atoms with Crippen LogP contribution >= 0.6 is 0 Å². The summed E-state index contributed by atoms with van der Waals surface area (Å²) in [6.45, 7) is 2.95. The van der Waals surface area contributed by atoms with Gasteiger partial charge in [0.2, 0.25) is 0 Å². The quantitative estimate of drug-likeness (QED) is 0.544. The van der Waals surface area contributed by atoms with E-state index in [9.17, 15) is 4.79 Å². The van der Waals surface area contributed by atoms with Gasteiger partial charge in [0.25, 0.3) is 0 Å². The minimum absolute atomic E-state index is 0.185. The molecule has 0 unspecified atom stereocenters. The summed E-state index contributed by atoms with van der Waals surface area (Å²) >= 11 is 0. The van der Waals surface area contributed by atoms with Crippen LogP contribution in [0.4, 0.5) is 0 Å². The van der Waals surface area contributed by atoms with Crippen molar-refractivity contribution in [3.8, 4) is 0 Å². The second-order valence-electron chi connectivity index (χ2n) is 3.21. The first-order chi connectivity index (χ1) is 5.65. The van der Waals surface area contributed by atoms with E-state index in [1.54, 1.807) is 0 Å². The second-order valence-corrected chi connectivity index (χ2v) is 3.21. The van der Waals surface area contributed by atoms with E-state index in [0.29, 0.717) is 6.04 Å². The highest BCUT2D eigenvalue weighted by Crippen LogP contribution is 2.16. The summed E-state index contributed by atoms with van der Waals surface area (Å²) in [6, 6.07) is 0.434. The van der Waals surface area contributed by atoms with E-state index >= 15 is 0 Å². The number of carbonyl (C=O) groups is 1. The van der Waals surface area contributed by atoms with Crippen LogP contribution in [0.3, 0.4) is 0 Å². The zero-order valence-corrected chi connectivity index (χ0v) is 7.83. The lowest BCUT2D eigenvalue weighted by molar-refractivity contribution is -0.136. The van der Waals surface area contributed by atoms with Crippen molar-refractivity contribution in [2.24, 2.45) is 0 Å². The maximum Gasteiger partial charge on any atom is 0.333 e. The van der Waals surface area contributed by atoms with E-state index < -0.39 is 0 Å². The van der Waals surface area contributed by atoms with Crippen molar-refractivity contribution in [2.45, 2.75) is 19.4 Å². The van der Waals surface area contributed by atoms with Gasteiger partial charge in [0.15, 0.2) is 0 Å². The molecule has 0 N–H and O–H groups in total. The van der Waals surface area contributed by atoms with Gasteiger partial charge in [0.05, 0.1) is 7.11 Å². The van der Waals surface area contributed by atoms with Crippen LogP contribution in [0.25, 0.3) is 0 Å². The Hall–Kier alpha value is -0.830. The van der Waals surface area contributed by atoms with Gasteiger partial charge in [-0.1, -0.05) is 6.08 Å². The van der Waals surface area contributed by atoms with E-state index in [4.69, 9.17) is 0 Å². The summed E-state index contributed by atoms with van der Waals surface area (Å²) in [5.41, 5.74) is 0.808. The van der Waals surface area contributed by atoms with Gasteiger partial charge >= 0.3 is 5.97 Å². The molecule has 0 radical (unpaired) electrons. The third-order valence-electron chi connectivity index (χ3n) is 2.34. The highest BCUT2D eigenvalue weighted by Gasteiger charge is 2.20. The van der Waals surface area contributed by atoms with Gasteiger partial charge in [-0.3, -0.25) is 4.90 Å². The van der Waals surface area contributed by atoms with Crippen LogP contribution in [0, 0.1) is 0 Å². The molecule has 1 heterocycles. The summed E-state index contributed by atoms with van der Waals surface area (Å²) in [4.78, 5) is 13.3. The second kappa shape index (κ2) is 3.72. The summed E-state index contributed by atoms with van der Waals surface area (Å²) in [6.07, 6.45) is 2.73. The largest absolute Gasteiger partial charge is 0.466 e. The molecule has 0 fully saturated rings. The van der Waals surface area contributed by atoms with Gasteiger partial charge in [0.1, 0.15) is 0 Å². The SMILES string of the molecule is COC(=O)C1=CCN(C)[C@H](C)C1. The lowest BCUT2D eigenvalue weighted by atomic mass is 10.0. The highest BCUT2D eigenvalue weighted by atomic mass is 16.5. The third kappa shape index (κ3) is 1.85. The average Bonchev–Trinajstić information content (AvgIpc) is 2.08. The van der Waals surface area contributed by atoms with Crippen molar-refractivity contribution < 1.29 is 9.53 Å². The molecule has 0 aromatic heterocycles. The minimum Gasteiger partial charge on any atom is -0.466 e. The van der Waals surface area contributed by atoms with Gasteiger partial charge in [-0.25, -0.2) is 4.79 Å². The smallest absolute Gasteiger partial charge is 0.333 e. The van der Waals surface area contributed by atoms with E-state index in [2.05, 4.69) is 23.6 Å². The third-order valence-corrected chi connectivity index (χ3v) is 2.34. The van der Waals surface area contributed by atoms with Crippen LogP contribution in [0.15, 0.2) is 11.6 Å². The lowest BCUT2D eigenvalue weighted by Gasteiger charge is -2.28. The van der Waals surface area contributed by atoms with Crippen LogP contribution in [-0.2, 0) is 9.53 Å². The number of methoxy groups -OCH3 is 1. The molecule has 1 aliphatic heterocycles. The molecule has 0 aromatic rings. The van der Waals surface area contributed by atoms with Gasteiger partial charge < -0.3 is 4.74 Å². The van der Waals surface area contributed by atoms with Crippen molar-refractivity contribution in [2.75, 3.05) is 20.7 Å². The van der Waals surface area contributed by atoms with Crippen molar-refractivity contribution in [1.82, 2.24) is 4.90 Å². The molecule has 1 rings (SSSR count). The van der Waals surface area contributed by atoms with Gasteiger partial charge in [-0.05, 0) is 20.4 Å². The van der Waals surface area contributed by atoms with Crippen molar-refractivity contribution in [3.05, 3.63) is 11.6 Å². The topological polar surface area (TPSA) is 29.5 Å². The molecule has 1 atom stereocenters. The van der Waals surface area contributed by atoms with Gasteiger partial charge in [-0.2, -0.15) is 0 Å². The van der Waals surface area contributed by atoms with Gasteiger partial charge in [0, 0.05) is 18.2 Å². The number of carbonyl (C=O) groups excluding carboxylic acids is 1. The number of hydrogen-bond acceptors (Lipinski definition) is 3. The molecule has 1 aliphatic rings. The van der Waals surface area contributed by atoms with Crippen LogP contribution < -0.4 is 0 Å². The number of likely N-dealkylation sites (N-methyl/N-ethyl adjacent to an activating group) is 1. The first kappa shape index (κ1) is 9.26. The fraction of sp³-hybridized carbons (Fsp3) is 0.667. The zero-order chi connectivity index (χ0) is 9.14. The fourth-order valence-corrected chi connectivity index (χ4v) is 1.29. The van der Waals surface area contributed by atoms with Crippen molar-refractivity contribution in [1.29, 1.82) is 0 Å². The van der Waals surface area contributed by atoms with Crippen LogP contribution in [0.5, 0.6) is 0 Å². The normalized spacial score (nSPS) is 24.9. The molecule has 0 spiro atoms. The predicted octanol–water partition coefficient (Wildman–Crippen LogP) is 0.810. The first-order valence-corrected chi connectivity index (χ1v) is 4.12. The van der Waals surface area contributed by atoms with Crippen LogP contribution in [0.2, 0.25) is 0 Å². The van der Waals surface area contributed by atoms with Crippen molar-refractivity contribution in [3.63, 3.8) is 0 Å². The number of nitrogens with zero attached hydrogens (tertiary/aromatic N) is 1. The molecule has 0 saturated carbocycles. The fourth-order valence-electron chi connectivity index (χ4n) is 1.29. The summed E-state index contributed by atoms with van der Waals surface area (Å²) in [5, 5.41) is 0. The molecule has 0 aliphatic carbocycles. The molecule has 0 bridgehead atoms. The van der Waals surface area contributed by atoms with E-state index in [1.165, 1.54) is 7.11 Å². The molecule has 0 saturated heterocycles. The Labute approximate surface area is 73.0 Å². The maximum atomic E-state index is 11.1. The van der Waals surface area contributed by atoms with Crippen LogP contribution in [-0.4, -0.2) is 37.6 Å². The molecule has 3 nitrogen and oxygen atoms in total. The first-order valence-electron chi connectivity index (χ1n) is 4.12. The summed E-state index contributed by atoms with van der Waals surface area (Å²) < 4.78 is 4.65. The Morgan fingerprint density at radius 2 is 2.42 bits per heavy atom. The average molecular weight is 169 g/mol. The monoisotopic (exact) mass is 169 g/mol. The Bertz CT molecular complexity index is 211. The molecular weight excluding hydrogens is 154 g/mol. The Morgan fingerprint density at radius 1 is 1.75 bits per heavy atom. The summed E-state index contributed by atoms with van der Waals surface area (Å²) in [5.74, 6) is -0.185. The van der Waals surface area contributed by atoms with Crippen molar-refractivity contribution >= 4 is 5.97 Å². The Kier molecular flexibility index (Phi) is 2.87. The number of ether oxygens (including phenoxy) is 1. The highest BCUT2D eigenvalue weighted by molar-refractivity contribution is 5.88. The molecule has 0 amide bonds. The van der Waals surface area contributed by atoms with Gasteiger partial charge in [-0.15, -0.1) is 0 Å². The van der Waals surface area contributed by atoms with Crippen LogP contribution in [0.1, 0.15) is 13.3 Å². The maximum absolute atomic E-state index is 11.1. The van der Waals surface area contributed by atoms with E-state index in [1.807, 2.05) is 6.08 Å².